The van der Waals surface area contributed by atoms with E-state index < -0.39 is 0 Å². The molecule has 5 rings (SSSR count). The molecule has 4 fully saturated rings. The first-order valence-electron chi connectivity index (χ1n) is 13.0. The van der Waals surface area contributed by atoms with Crippen molar-refractivity contribution in [2.45, 2.75) is 84.5 Å². The first-order chi connectivity index (χ1) is 15.1. The molecule has 1 aromatic carbocycles. The van der Waals surface area contributed by atoms with Crippen molar-refractivity contribution in [1.29, 1.82) is 5.26 Å². The lowest BCUT2D eigenvalue weighted by molar-refractivity contribution is -0.0677. The summed E-state index contributed by atoms with van der Waals surface area (Å²) in [5.74, 6) is 7.16. The summed E-state index contributed by atoms with van der Waals surface area (Å²) in [5, 5.41) is 16.0. The van der Waals surface area contributed by atoms with Gasteiger partial charge in [-0.05, 0) is 129 Å². The Hall–Kier alpha value is -1.37. The van der Waals surface area contributed by atoms with E-state index in [1.165, 1.54) is 56.9 Å². The van der Waals surface area contributed by atoms with Gasteiger partial charge >= 0.3 is 0 Å². The number of rotatable bonds is 3. The van der Waals surface area contributed by atoms with Crippen molar-refractivity contribution in [2.75, 3.05) is 7.11 Å². The van der Waals surface area contributed by atoms with Gasteiger partial charge in [0.05, 0.1) is 11.6 Å². The number of fused-ring (bicyclic) bond motifs is 5. The van der Waals surface area contributed by atoms with E-state index in [0.717, 1.165) is 54.1 Å². The Balaban J connectivity index is 0.000000938. The third-order valence-electron chi connectivity index (χ3n) is 10.3. The van der Waals surface area contributed by atoms with Gasteiger partial charge in [0.15, 0.2) is 0 Å². The molecule has 0 amide bonds. The molecule has 0 spiro atoms. The number of benzene rings is 1. The maximum atomic E-state index is 9.02. The Labute approximate surface area is 195 Å². The van der Waals surface area contributed by atoms with Gasteiger partial charge in [0.2, 0.25) is 0 Å². The molecule has 3 nitrogen and oxygen atoms in total. The first kappa shape index (κ1) is 25.3. The minimum absolute atomic E-state index is 0. The predicted octanol–water partition coefficient (Wildman–Crippen LogP) is 6.18. The van der Waals surface area contributed by atoms with Gasteiger partial charge in [0, 0.05) is 7.11 Å². The lowest BCUT2D eigenvalue weighted by atomic mass is 9.49. The van der Waals surface area contributed by atoms with Crippen molar-refractivity contribution in [2.24, 2.45) is 46.8 Å². The molecule has 3 N–H and O–H groups in total. The zero-order valence-corrected chi connectivity index (χ0v) is 20.5. The van der Waals surface area contributed by atoms with Crippen LogP contribution in [0.5, 0.6) is 0 Å². The molecule has 0 heterocycles. The Bertz CT molecular complexity index is 768. The smallest absolute Gasteiger partial charge is 0.0991 e. The summed E-state index contributed by atoms with van der Waals surface area (Å²) >= 11 is 0. The van der Waals surface area contributed by atoms with Crippen molar-refractivity contribution in [3.63, 3.8) is 0 Å². The summed E-state index contributed by atoms with van der Waals surface area (Å²) in [4.78, 5) is 0. The van der Waals surface area contributed by atoms with Gasteiger partial charge in [-0.25, -0.2) is 0 Å². The maximum Gasteiger partial charge on any atom is 0.0991 e. The molecule has 0 bridgehead atoms. The molecule has 178 valence electrons. The molecule has 3 heteroatoms. The second-order valence-electron chi connectivity index (χ2n) is 11.5. The molecule has 1 aromatic rings. The zero-order valence-electron chi connectivity index (χ0n) is 20.5. The molecule has 4 aliphatic rings. The van der Waals surface area contributed by atoms with Crippen LogP contribution in [0.3, 0.4) is 0 Å². The van der Waals surface area contributed by atoms with Crippen LogP contribution in [0.2, 0.25) is 0 Å². The minimum Gasteiger partial charge on any atom is -0.412 e. The van der Waals surface area contributed by atoms with Crippen LogP contribution in [0.25, 0.3) is 0 Å². The Kier molecular flexibility index (Phi) is 8.45. The number of aliphatic hydroxyl groups excluding tert-OH is 1. The number of nitriles is 1. The fraction of sp³-hybridized carbons (Fsp3) is 0.759. The van der Waals surface area contributed by atoms with Gasteiger partial charge in [-0.1, -0.05) is 32.4 Å². The topological polar surface area (TPSA) is 75.5 Å². The summed E-state index contributed by atoms with van der Waals surface area (Å²) < 4.78 is 0. The molecule has 4 saturated carbocycles. The van der Waals surface area contributed by atoms with Gasteiger partial charge in [-0.15, -0.1) is 0 Å². The van der Waals surface area contributed by atoms with E-state index in [1.807, 2.05) is 12.1 Å². The Morgan fingerprint density at radius 3 is 2.38 bits per heavy atom. The van der Waals surface area contributed by atoms with E-state index in [2.05, 4.69) is 32.0 Å². The van der Waals surface area contributed by atoms with Gasteiger partial charge in [0.25, 0.3) is 0 Å². The van der Waals surface area contributed by atoms with Gasteiger partial charge in [-0.2, -0.15) is 5.26 Å². The average Bonchev–Trinajstić information content (AvgIpc) is 3.15. The number of aryl methyl sites for hydroxylation is 1. The summed E-state index contributed by atoms with van der Waals surface area (Å²) in [6.07, 6.45) is 16.2. The van der Waals surface area contributed by atoms with Crippen molar-refractivity contribution in [3.8, 4) is 6.07 Å². The van der Waals surface area contributed by atoms with Gasteiger partial charge in [-0.3, -0.25) is 0 Å². The highest BCUT2D eigenvalue weighted by Crippen LogP contribution is 2.65. The molecule has 8 atom stereocenters. The molecule has 8 unspecified atom stereocenters. The second kappa shape index (κ2) is 10.7. The molecular formula is C29H45NO2. The van der Waals surface area contributed by atoms with Crippen LogP contribution < -0.4 is 0 Å². The predicted molar refractivity (Wildman–Crippen MR) is 131 cm³/mol. The SMILES string of the molecule is CC1CCC2C(CCC3C2CCC2(C)C(CCc4ccc(C#N)cc4)CCC32)C1.CO.O. The van der Waals surface area contributed by atoms with Gasteiger partial charge < -0.3 is 10.6 Å². The standard InChI is InChI=1S/C28H39N.CH4O.H2O/c1-19-3-12-24-22(17-19)9-13-26-25(24)15-16-28(2)23(11-14-27(26)28)10-8-20-4-6-21(18-29)7-5-20;1-2;/h4-7,19,22-27H,3,8-17H2,1-2H3;2H,1H3;1H2. The molecular weight excluding hydrogens is 394 g/mol. The highest BCUT2D eigenvalue weighted by molar-refractivity contribution is 5.31. The number of nitrogens with zero attached hydrogens (tertiary/aromatic N) is 1. The quantitative estimate of drug-likeness (QED) is 0.610. The first-order valence-corrected chi connectivity index (χ1v) is 13.0. The number of hydrogen-bond acceptors (Lipinski definition) is 2. The minimum atomic E-state index is 0. The van der Waals surface area contributed by atoms with E-state index in [0.29, 0.717) is 5.41 Å². The molecule has 4 aliphatic carbocycles. The van der Waals surface area contributed by atoms with Crippen molar-refractivity contribution in [3.05, 3.63) is 35.4 Å². The van der Waals surface area contributed by atoms with Crippen LogP contribution in [0, 0.1) is 58.2 Å². The highest BCUT2D eigenvalue weighted by Gasteiger charge is 2.56. The highest BCUT2D eigenvalue weighted by atomic mass is 16.2. The van der Waals surface area contributed by atoms with Crippen LogP contribution in [-0.2, 0) is 6.42 Å². The fourth-order valence-electron chi connectivity index (χ4n) is 8.76. The van der Waals surface area contributed by atoms with Gasteiger partial charge in [0.1, 0.15) is 0 Å². The third kappa shape index (κ3) is 4.64. The molecule has 0 aromatic heterocycles. The monoisotopic (exact) mass is 439 g/mol. The van der Waals surface area contributed by atoms with Crippen LogP contribution >= 0.6 is 0 Å². The van der Waals surface area contributed by atoms with Crippen LogP contribution in [0.1, 0.15) is 89.2 Å². The van der Waals surface area contributed by atoms with Crippen LogP contribution in [0.4, 0.5) is 0 Å². The van der Waals surface area contributed by atoms with E-state index in [4.69, 9.17) is 10.4 Å². The Morgan fingerprint density at radius 2 is 1.66 bits per heavy atom. The lowest BCUT2D eigenvalue weighted by Crippen LogP contribution is -2.48. The molecule has 0 radical (unpaired) electrons. The van der Waals surface area contributed by atoms with Crippen molar-refractivity contribution >= 4 is 0 Å². The van der Waals surface area contributed by atoms with E-state index >= 15 is 0 Å². The van der Waals surface area contributed by atoms with Crippen LogP contribution in [0.15, 0.2) is 24.3 Å². The number of hydrogen-bond donors (Lipinski definition) is 1. The van der Waals surface area contributed by atoms with Crippen molar-refractivity contribution in [1.82, 2.24) is 0 Å². The van der Waals surface area contributed by atoms with E-state index in [9.17, 15) is 0 Å². The van der Waals surface area contributed by atoms with Crippen LogP contribution in [-0.4, -0.2) is 17.7 Å². The third-order valence-corrected chi connectivity index (χ3v) is 10.3. The van der Waals surface area contributed by atoms with E-state index in [-0.39, 0.29) is 5.48 Å². The largest absolute Gasteiger partial charge is 0.412 e. The summed E-state index contributed by atoms with van der Waals surface area (Å²) in [6.45, 7) is 5.18. The maximum absolute atomic E-state index is 9.02. The molecule has 0 saturated heterocycles. The number of aliphatic hydroxyl groups is 1. The molecule has 32 heavy (non-hydrogen) atoms. The normalized spacial score (nSPS) is 39.8. The van der Waals surface area contributed by atoms with E-state index in [1.54, 1.807) is 19.3 Å². The molecule has 0 aliphatic heterocycles. The summed E-state index contributed by atoms with van der Waals surface area (Å²) in [5.41, 5.74) is 2.80. The zero-order chi connectivity index (χ0) is 22.0. The van der Waals surface area contributed by atoms with Crippen molar-refractivity contribution < 1.29 is 10.6 Å². The second-order valence-corrected chi connectivity index (χ2v) is 11.5. The summed E-state index contributed by atoms with van der Waals surface area (Å²) in [6, 6.07) is 10.6. The lowest BCUT2D eigenvalue weighted by Gasteiger charge is -2.56. The Morgan fingerprint density at radius 1 is 0.938 bits per heavy atom. The summed E-state index contributed by atoms with van der Waals surface area (Å²) in [7, 11) is 1.00. The average molecular weight is 440 g/mol. The fourth-order valence-corrected chi connectivity index (χ4v) is 8.76.